The molecular formula is C119H78N10. The van der Waals surface area contributed by atoms with E-state index in [1.807, 2.05) is 89.5 Å². The molecule has 0 bridgehead atoms. The molecule has 8 aromatic heterocycles. The normalized spacial score (nSPS) is 13.9. The second-order valence-corrected chi connectivity index (χ2v) is 33.5. The van der Waals surface area contributed by atoms with E-state index in [4.69, 9.17) is 27.3 Å². The summed E-state index contributed by atoms with van der Waals surface area (Å²) in [5.41, 5.74) is 23.6. The van der Waals surface area contributed by atoms with E-state index in [0.29, 0.717) is 32.6 Å². The van der Waals surface area contributed by atoms with Gasteiger partial charge in [0.15, 0.2) is 0 Å². The van der Waals surface area contributed by atoms with Gasteiger partial charge in [0.2, 0.25) is 17.8 Å². The number of nitrogens with zero attached hydrogens (tertiary/aromatic N) is 10. The summed E-state index contributed by atoms with van der Waals surface area (Å²) in [6.07, 6.45) is 3.80. The van der Waals surface area contributed by atoms with Crippen LogP contribution in [0.1, 0.15) is 41.8 Å². The molecule has 8 heterocycles. The van der Waals surface area contributed by atoms with Crippen molar-refractivity contribution in [1.82, 2.24) is 46.9 Å². The van der Waals surface area contributed by atoms with E-state index in [1.54, 1.807) is 9.13 Å². The first-order chi connectivity index (χ1) is 69.4. The summed E-state index contributed by atoms with van der Waals surface area (Å²) in [6.45, 7) is 0. The van der Waals surface area contributed by atoms with Gasteiger partial charge in [-0.1, -0.05) is 273 Å². The zero-order valence-electron chi connectivity index (χ0n) is 82.2. The van der Waals surface area contributed by atoms with Gasteiger partial charge in [0.25, 0.3) is 0 Å². The molecule has 604 valence electrons. The van der Waals surface area contributed by atoms with E-state index in [0.717, 1.165) is 164 Å². The Labute approximate surface area is 759 Å². The van der Waals surface area contributed by atoms with Crippen molar-refractivity contribution in [2.75, 3.05) is 0 Å². The minimum absolute atomic E-state index is 0.0578. The highest BCUT2D eigenvalue weighted by atomic mass is 15.3. The largest absolute Gasteiger partial charge is 0.309 e. The van der Waals surface area contributed by atoms with Crippen molar-refractivity contribution in [2.45, 2.75) is 25.7 Å². The van der Waals surface area contributed by atoms with Crippen LogP contribution < -0.4 is 0 Å². The van der Waals surface area contributed by atoms with Crippen LogP contribution in [-0.2, 0) is 12.8 Å². The zero-order valence-corrected chi connectivity index (χ0v) is 69.2. The van der Waals surface area contributed by atoms with E-state index in [9.17, 15) is 5.48 Å². The Bertz CT molecular complexity index is 9980. The summed E-state index contributed by atoms with van der Waals surface area (Å²) >= 11 is 0. The molecule has 19 aromatic carbocycles. The predicted molar refractivity (Wildman–Crippen MR) is 537 cm³/mol. The third-order valence-corrected chi connectivity index (χ3v) is 26.6. The molecule has 28 rings (SSSR count). The number of aryl methyl sites for hydroxylation is 2. The van der Waals surface area contributed by atoms with Crippen LogP contribution in [0.25, 0.3) is 237 Å². The van der Waals surface area contributed by atoms with Gasteiger partial charge in [-0.15, -0.1) is 0 Å². The molecule has 0 amide bonds. The molecule has 0 N–H and O–H groups in total. The maximum atomic E-state index is 9.40. The van der Waals surface area contributed by atoms with E-state index in [2.05, 4.69) is 279 Å². The summed E-state index contributed by atoms with van der Waals surface area (Å²) < 4.78 is 130. The molecule has 1 aliphatic rings. The molecule has 0 radical (unpaired) electrons. The number of hydrogen-bond donors (Lipinski definition) is 0. The average Bonchev–Trinajstić information content (AvgIpc) is 1.55. The summed E-state index contributed by atoms with van der Waals surface area (Å²) in [4.78, 5) is 16.0. The molecule has 0 fully saturated rings. The molecule has 129 heavy (non-hydrogen) atoms. The van der Waals surface area contributed by atoms with Gasteiger partial charge in [0.1, 0.15) is 0 Å². The highest BCUT2D eigenvalue weighted by molar-refractivity contribution is 6.18. The van der Waals surface area contributed by atoms with Crippen molar-refractivity contribution in [1.29, 1.82) is 0 Å². The van der Waals surface area contributed by atoms with Crippen LogP contribution in [0.5, 0.6) is 0 Å². The predicted octanol–water partition coefficient (Wildman–Crippen LogP) is 30.3. The highest BCUT2D eigenvalue weighted by Crippen LogP contribution is 2.47. The van der Waals surface area contributed by atoms with Gasteiger partial charge >= 0.3 is 0 Å². The summed E-state index contributed by atoms with van der Waals surface area (Å²) in [5, 5.41) is 15.1. The van der Waals surface area contributed by atoms with Crippen LogP contribution >= 0.6 is 0 Å². The third-order valence-electron chi connectivity index (χ3n) is 26.6. The molecule has 0 unspecified atom stereocenters. The molecule has 27 aromatic rings. The molecule has 0 saturated heterocycles. The van der Waals surface area contributed by atoms with E-state index < -0.39 is 18.1 Å². The van der Waals surface area contributed by atoms with Crippen LogP contribution in [0.4, 0.5) is 0 Å². The Balaban J connectivity index is 0.000000143. The lowest BCUT2D eigenvalue weighted by atomic mass is 9.89. The second kappa shape index (κ2) is 28.8. The topological polar surface area (TPSA) is 73.2 Å². The quantitative estimate of drug-likeness (QED) is 0.137. The highest BCUT2D eigenvalue weighted by Gasteiger charge is 2.28. The maximum absolute atomic E-state index is 9.40. The standard InChI is InChI=1S/C61H41N7.C58H37N3/c1-2-17-41(18-3-1)65-51-25-11-10-24-47(51)49-36-39(31-34-56(49)65)40-32-35-57-50(37-40)48-33-30-38-16-4-5-19-42(38)58(48)68(57)61-63-59(66-52-26-12-6-20-43(52)44-21-7-13-27-53(44)66)62-60(64-61)67-54-28-14-8-22-45(54)46-23-9-15-29-55(46)67;1-2-17-43(18-3-1)59-55-26-12-8-22-48(55)50-36-39(29-31-57(50)59)41-33-42(35-44(34-41)60-53-24-10-6-20-46(53)47-21-7-11-25-54(47)60)40-30-32-58-51(37-40)49-23-9-13-27-56(49)61(58)52-28-14-16-38-15-4-5-19-45(38)52/h1-3,6-15,17-18,20-37H,4-5,16,19H2;1-37H/i6D,8D,12D,14D,20D,22D,26D,28D;1D,2D,3D,17D,18D. The van der Waals surface area contributed by atoms with E-state index in [1.165, 1.54) is 43.4 Å². The monoisotopic (exact) mass is 1660 g/mol. The SMILES string of the molecule is [2H]c1c([2H])c([2H])c(-n2c3ccccc3c3cc(-c4cc(-c5ccc6c(c5)c5ccccc5n6-c5cccc6ccccc56)cc(-n5c6ccccc6c6ccccc65)c4)ccc32)c([2H])c1[2H].[2H]c1c([2H])c([2H])c2c(c1[2H])c1ccccc1n2-c1nc(-n2c3ccc(-c4ccc5c(c4)c4ccccc4n5-c4ccccc4)cc3c3ccc4c(c32)CCCC4)nc(-n2c3ccccc3c3c([2H])c([2H])c([2H])c([2H])c32)n1. The first-order valence-electron chi connectivity index (χ1n) is 50.1. The Morgan fingerprint density at radius 3 is 1.07 bits per heavy atom. The van der Waals surface area contributed by atoms with Gasteiger partial charge in [0.05, 0.1) is 101 Å². The first-order valence-corrected chi connectivity index (χ1v) is 43.6. The van der Waals surface area contributed by atoms with Crippen molar-refractivity contribution in [2.24, 2.45) is 0 Å². The van der Waals surface area contributed by atoms with Crippen LogP contribution in [0, 0.1) is 0 Å². The molecule has 10 nitrogen and oxygen atoms in total. The summed E-state index contributed by atoms with van der Waals surface area (Å²) in [7, 11) is 0. The van der Waals surface area contributed by atoms with Crippen LogP contribution in [0.2, 0.25) is 0 Å². The average molecular weight is 1660 g/mol. The van der Waals surface area contributed by atoms with Crippen LogP contribution in [0.15, 0.2) is 424 Å². The van der Waals surface area contributed by atoms with Crippen molar-refractivity contribution >= 4 is 163 Å². The third kappa shape index (κ3) is 11.2. The molecular weight excluding hydrogens is 1570 g/mol. The lowest BCUT2D eigenvalue weighted by molar-refractivity contribution is 0.687. The van der Waals surface area contributed by atoms with Crippen molar-refractivity contribution < 1.29 is 17.8 Å². The Morgan fingerprint density at radius 2 is 0.558 bits per heavy atom. The molecule has 0 atom stereocenters. The van der Waals surface area contributed by atoms with Gasteiger partial charge in [-0.3, -0.25) is 13.7 Å². The minimum Gasteiger partial charge on any atom is -0.309 e. The Kier molecular flexibility index (Phi) is 13.5. The minimum atomic E-state index is -0.412. The lowest BCUT2D eigenvalue weighted by Gasteiger charge is -2.19. The van der Waals surface area contributed by atoms with Crippen molar-refractivity contribution in [3.05, 3.63) is 435 Å². The summed E-state index contributed by atoms with van der Waals surface area (Å²) in [6, 6.07) is 116. The van der Waals surface area contributed by atoms with Crippen molar-refractivity contribution in [3.63, 3.8) is 0 Å². The smallest absolute Gasteiger partial charge is 0.241 e. The Morgan fingerprint density at radius 1 is 0.202 bits per heavy atom. The molecule has 10 heteroatoms. The maximum Gasteiger partial charge on any atom is 0.241 e. The fourth-order valence-corrected chi connectivity index (χ4v) is 21.0. The Hall–Kier alpha value is -17.0. The molecule has 0 spiro atoms. The summed E-state index contributed by atoms with van der Waals surface area (Å²) in [5.74, 6) is 0.338. The molecule has 1 aliphatic carbocycles. The number of aromatic nitrogens is 10. The van der Waals surface area contributed by atoms with Gasteiger partial charge in [0, 0.05) is 97.9 Å². The van der Waals surface area contributed by atoms with Gasteiger partial charge in [-0.25, -0.2) is 0 Å². The van der Waals surface area contributed by atoms with Gasteiger partial charge in [-0.05, 0) is 227 Å². The first kappa shape index (κ1) is 60.6. The van der Waals surface area contributed by atoms with Crippen LogP contribution in [0.3, 0.4) is 0 Å². The fourth-order valence-electron chi connectivity index (χ4n) is 21.0. The van der Waals surface area contributed by atoms with Crippen molar-refractivity contribution in [3.8, 4) is 74.0 Å². The fraction of sp³-hybridized carbons (Fsp3) is 0.0336. The van der Waals surface area contributed by atoms with Gasteiger partial charge in [-0.2, -0.15) is 15.0 Å². The van der Waals surface area contributed by atoms with E-state index >= 15 is 0 Å². The second-order valence-electron chi connectivity index (χ2n) is 33.5. The number of benzene rings is 19. The zero-order chi connectivity index (χ0) is 95.8. The molecule has 0 aliphatic heterocycles. The number of fused-ring (bicyclic) bond motifs is 24. The van der Waals surface area contributed by atoms with E-state index in [-0.39, 0.29) is 95.0 Å². The van der Waals surface area contributed by atoms with Crippen LogP contribution in [-0.4, -0.2) is 46.9 Å². The number of rotatable bonds is 10. The molecule has 0 saturated carbocycles. The number of para-hydroxylation sites is 11. The number of hydrogen-bond acceptors (Lipinski definition) is 3. The lowest BCUT2D eigenvalue weighted by Crippen LogP contribution is -2.14. The van der Waals surface area contributed by atoms with Gasteiger partial charge < -0.3 is 18.3 Å².